The van der Waals surface area contributed by atoms with Gasteiger partial charge in [0.1, 0.15) is 22.9 Å². The van der Waals surface area contributed by atoms with Crippen LogP contribution in [0.4, 0.5) is 13.2 Å². The first kappa shape index (κ1) is 47.0. The van der Waals surface area contributed by atoms with Gasteiger partial charge in [0, 0.05) is 16.0 Å². The SMILES string of the molecule is CC(C)CC1(C(=O)O)CC(C(=O)O)C(c2ccco2)N1C(=O)c1ccc(C(F)(F)F)cc1.CC(C)CC1(C(=O)O)CC(C(=O)O)C(c2cccs2)N1C(=O)c1cccc2ccccc12. The number of hydrogen-bond donors (Lipinski definition) is 4. The van der Waals surface area contributed by atoms with Crippen LogP contribution in [-0.4, -0.2) is 77.0 Å². The molecule has 6 unspecified atom stereocenters. The molecule has 4 N–H and O–H groups in total. The maximum Gasteiger partial charge on any atom is 0.416 e. The molecule has 2 aliphatic rings. The van der Waals surface area contributed by atoms with Gasteiger partial charge in [0.05, 0.1) is 29.7 Å². The number of nitrogens with zero attached hydrogens (tertiary/aromatic N) is 2. The Balaban J connectivity index is 0.000000213. The average Bonchev–Trinajstić information content (AvgIpc) is 4.06. The number of furan rings is 1. The first-order valence-corrected chi connectivity index (χ1v) is 21.3. The molecular weight excluding hydrogens is 858 g/mol. The topological polar surface area (TPSA) is 203 Å². The molecular formula is C47H47F3N2O11S. The highest BCUT2D eigenvalue weighted by Crippen LogP contribution is 2.53. The highest BCUT2D eigenvalue weighted by Gasteiger charge is 2.63. The van der Waals surface area contributed by atoms with E-state index in [2.05, 4.69) is 0 Å². The van der Waals surface area contributed by atoms with E-state index >= 15 is 0 Å². The number of carboxylic acids is 4. The van der Waals surface area contributed by atoms with E-state index in [0.29, 0.717) is 15.8 Å². The van der Waals surface area contributed by atoms with Crippen LogP contribution in [-0.2, 0) is 25.4 Å². The van der Waals surface area contributed by atoms with Crippen molar-refractivity contribution in [1.29, 1.82) is 0 Å². The van der Waals surface area contributed by atoms with Gasteiger partial charge >= 0.3 is 30.1 Å². The number of likely N-dealkylation sites (tertiary alicyclic amines) is 2. The summed E-state index contributed by atoms with van der Waals surface area (Å²) in [5, 5.41) is 43.9. The lowest BCUT2D eigenvalue weighted by molar-refractivity contribution is -0.151. The van der Waals surface area contributed by atoms with Gasteiger partial charge in [0.2, 0.25) is 0 Å². The first-order valence-electron chi connectivity index (χ1n) is 20.5. The summed E-state index contributed by atoms with van der Waals surface area (Å²) in [5.41, 5.74) is -4.26. The van der Waals surface area contributed by atoms with Crippen molar-refractivity contribution in [1.82, 2.24) is 9.80 Å². The van der Waals surface area contributed by atoms with Crippen LogP contribution in [0.1, 0.15) is 102 Å². The predicted molar refractivity (Wildman–Crippen MR) is 227 cm³/mol. The number of carboxylic acid groups (broad SMARTS) is 4. The molecule has 6 atom stereocenters. The summed E-state index contributed by atoms with van der Waals surface area (Å²) >= 11 is 1.34. The van der Waals surface area contributed by atoms with E-state index in [1.165, 1.54) is 34.6 Å². The second kappa shape index (κ2) is 18.3. The number of amides is 2. The number of halogens is 3. The summed E-state index contributed by atoms with van der Waals surface area (Å²) < 4.78 is 44.2. The number of aliphatic carboxylic acids is 4. The molecule has 13 nitrogen and oxygen atoms in total. The standard InChI is InChI=1S/C25H25NO5S.C22H22F3NO6/c1-15(2)13-25(24(30)31)14-19(23(28)29)21(20-11-6-12-32-20)26(25)22(27)18-10-5-8-16-7-3-4-9-17(16)18;1-12(2)10-21(20(30)31)11-15(19(28)29)17(16-4-3-9-32-16)26(21)18(27)13-5-7-14(8-6-13)22(23,24)25/h3-12,15,19,21H,13-14H2,1-2H3,(H,28,29)(H,30,31);3-9,12,15,17H,10-11H2,1-2H3,(H,28,29)(H,30,31). The molecule has 0 aliphatic carbocycles. The molecule has 0 saturated carbocycles. The van der Waals surface area contributed by atoms with Crippen LogP contribution in [0.5, 0.6) is 0 Å². The van der Waals surface area contributed by atoms with E-state index in [9.17, 15) is 62.4 Å². The number of fused-ring (bicyclic) bond motifs is 1. The third-order valence-corrected chi connectivity index (χ3v) is 12.8. The maximum atomic E-state index is 14.1. The molecule has 2 fully saturated rings. The average molecular weight is 905 g/mol. The number of hydrogen-bond acceptors (Lipinski definition) is 8. The van der Waals surface area contributed by atoms with Gasteiger partial charge < -0.3 is 34.6 Å². The number of benzene rings is 3. The molecule has 0 bridgehead atoms. The van der Waals surface area contributed by atoms with Crippen molar-refractivity contribution >= 4 is 57.8 Å². The molecule has 7 rings (SSSR count). The first-order chi connectivity index (χ1) is 30.1. The summed E-state index contributed by atoms with van der Waals surface area (Å²) in [6.45, 7) is 7.25. The largest absolute Gasteiger partial charge is 0.481 e. The minimum atomic E-state index is -4.61. The summed E-state index contributed by atoms with van der Waals surface area (Å²) in [4.78, 5) is 80.3. The smallest absolute Gasteiger partial charge is 0.416 e. The molecule has 2 aliphatic heterocycles. The summed E-state index contributed by atoms with van der Waals surface area (Å²) in [5.74, 6) is -8.75. The van der Waals surface area contributed by atoms with E-state index in [4.69, 9.17) is 4.42 Å². The fourth-order valence-electron chi connectivity index (χ4n) is 9.45. The lowest BCUT2D eigenvalue weighted by atomic mass is 9.83. The van der Waals surface area contributed by atoms with E-state index < -0.39 is 82.4 Å². The van der Waals surface area contributed by atoms with Gasteiger partial charge in [0.15, 0.2) is 0 Å². The van der Waals surface area contributed by atoms with Gasteiger partial charge in [-0.05, 0) is 102 Å². The van der Waals surface area contributed by atoms with Gasteiger partial charge in [-0.3, -0.25) is 19.2 Å². The quantitative estimate of drug-likeness (QED) is 0.0929. The third kappa shape index (κ3) is 8.85. The molecule has 4 heterocycles. The van der Waals surface area contributed by atoms with Crippen molar-refractivity contribution < 1.29 is 66.8 Å². The Labute approximate surface area is 369 Å². The Hall–Kier alpha value is -6.49. The Morgan fingerprint density at radius 1 is 0.688 bits per heavy atom. The van der Waals surface area contributed by atoms with Crippen LogP contribution < -0.4 is 0 Å². The monoisotopic (exact) mass is 904 g/mol. The van der Waals surface area contributed by atoms with Gasteiger partial charge in [-0.25, -0.2) is 9.59 Å². The van der Waals surface area contributed by atoms with Crippen LogP contribution in [0.15, 0.2) is 107 Å². The van der Waals surface area contributed by atoms with Crippen molar-refractivity contribution in [3.63, 3.8) is 0 Å². The van der Waals surface area contributed by atoms with Gasteiger partial charge in [-0.2, -0.15) is 13.2 Å². The van der Waals surface area contributed by atoms with E-state index in [1.807, 2.05) is 49.6 Å². The molecule has 64 heavy (non-hydrogen) atoms. The van der Waals surface area contributed by atoms with Crippen LogP contribution in [0.3, 0.4) is 0 Å². The molecule has 3 aromatic carbocycles. The van der Waals surface area contributed by atoms with Crippen molar-refractivity contribution in [3.8, 4) is 0 Å². The number of rotatable bonds is 12. The second-order valence-electron chi connectivity index (χ2n) is 17.0. The zero-order valence-corrected chi connectivity index (χ0v) is 36.0. The molecule has 0 radical (unpaired) electrons. The van der Waals surface area contributed by atoms with E-state index in [0.717, 1.165) is 34.6 Å². The minimum Gasteiger partial charge on any atom is -0.481 e. The summed E-state index contributed by atoms with van der Waals surface area (Å²) in [6.07, 6.45) is -3.70. The summed E-state index contributed by atoms with van der Waals surface area (Å²) in [7, 11) is 0. The fourth-order valence-corrected chi connectivity index (χ4v) is 10.3. The Morgan fingerprint density at radius 2 is 1.23 bits per heavy atom. The normalized spacial score (nSPS) is 23.3. The minimum absolute atomic E-state index is 0.0459. The van der Waals surface area contributed by atoms with Gasteiger partial charge in [0.25, 0.3) is 11.8 Å². The molecule has 2 amide bonds. The third-order valence-electron chi connectivity index (χ3n) is 11.9. The molecule has 5 aromatic rings. The zero-order chi connectivity index (χ0) is 46.9. The molecule has 17 heteroatoms. The van der Waals surface area contributed by atoms with Crippen LogP contribution in [0.25, 0.3) is 10.8 Å². The van der Waals surface area contributed by atoms with E-state index in [1.54, 1.807) is 38.1 Å². The van der Waals surface area contributed by atoms with Gasteiger partial charge in [-0.15, -0.1) is 11.3 Å². The number of carbonyl (C=O) groups excluding carboxylic acids is 2. The lowest BCUT2D eigenvalue weighted by Crippen LogP contribution is -2.54. The number of thiophene rings is 1. The highest BCUT2D eigenvalue weighted by molar-refractivity contribution is 7.10. The Bertz CT molecular complexity index is 2520. The Kier molecular flexibility index (Phi) is 13.4. The predicted octanol–water partition coefficient (Wildman–Crippen LogP) is 9.51. The van der Waals surface area contributed by atoms with Crippen molar-refractivity contribution in [3.05, 3.63) is 130 Å². The fraction of sp³-hybridized carbons (Fsp3) is 0.362. The van der Waals surface area contributed by atoms with Crippen LogP contribution in [0.2, 0.25) is 0 Å². The number of carbonyl (C=O) groups is 6. The van der Waals surface area contributed by atoms with Gasteiger partial charge in [-0.1, -0.05) is 70.2 Å². The Morgan fingerprint density at radius 3 is 1.72 bits per heavy atom. The highest BCUT2D eigenvalue weighted by atomic mass is 32.1. The van der Waals surface area contributed by atoms with E-state index in [-0.39, 0.29) is 48.8 Å². The maximum absolute atomic E-state index is 14.1. The molecule has 338 valence electrons. The molecule has 0 spiro atoms. The van der Waals surface area contributed by atoms with Crippen molar-refractivity contribution in [2.45, 2.75) is 82.7 Å². The lowest BCUT2D eigenvalue weighted by Gasteiger charge is -2.39. The second-order valence-corrected chi connectivity index (χ2v) is 18.0. The zero-order valence-electron chi connectivity index (χ0n) is 35.2. The van der Waals surface area contributed by atoms with Crippen LogP contribution in [0, 0.1) is 23.7 Å². The molecule has 2 saturated heterocycles. The molecule has 2 aromatic heterocycles. The number of alkyl halides is 3. The van der Waals surface area contributed by atoms with Crippen molar-refractivity contribution in [2.24, 2.45) is 23.7 Å². The van der Waals surface area contributed by atoms with Crippen molar-refractivity contribution in [2.75, 3.05) is 0 Å². The summed E-state index contributed by atoms with van der Waals surface area (Å²) in [6, 6.07) is 20.6. The van der Waals surface area contributed by atoms with Crippen LogP contribution >= 0.6 is 11.3 Å².